The van der Waals surface area contributed by atoms with Gasteiger partial charge in [-0.2, -0.15) is 0 Å². The Morgan fingerprint density at radius 1 is 1.25 bits per heavy atom. The average Bonchev–Trinajstić information content (AvgIpc) is 2.51. The zero-order chi connectivity index (χ0) is 17.1. The molecule has 0 heterocycles. The molecule has 136 valence electrons. The van der Waals surface area contributed by atoms with E-state index in [0.29, 0.717) is 18.9 Å². The number of carbonyl (C=O) groups excluding carboxylic acids is 1. The van der Waals surface area contributed by atoms with E-state index in [2.05, 4.69) is 34.8 Å². The Balaban J connectivity index is 0.00000529. The molecule has 0 atom stereocenters. The second kappa shape index (κ2) is 13.0. The summed E-state index contributed by atoms with van der Waals surface area (Å²) in [7, 11) is 1.77. The maximum Gasteiger partial charge on any atom is 0.224 e. The molecule has 24 heavy (non-hydrogen) atoms. The van der Waals surface area contributed by atoms with E-state index in [9.17, 15) is 4.79 Å². The van der Waals surface area contributed by atoms with Gasteiger partial charge >= 0.3 is 0 Å². The molecule has 5 nitrogen and oxygen atoms in total. The van der Waals surface area contributed by atoms with Gasteiger partial charge in [-0.15, -0.1) is 24.0 Å². The largest absolute Gasteiger partial charge is 0.356 e. The van der Waals surface area contributed by atoms with Gasteiger partial charge in [0.2, 0.25) is 5.91 Å². The number of benzene rings is 1. The molecular formula is C18H31IN4O. The van der Waals surface area contributed by atoms with Gasteiger partial charge in [0, 0.05) is 32.2 Å². The van der Waals surface area contributed by atoms with Crippen LogP contribution in [0.15, 0.2) is 29.3 Å². The van der Waals surface area contributed by atoms with Crippen LogP contribution in [0.5, 0.6) is 0 Å². The smallest absolute Gasteiger partial charge is 0.224 e. The lowest BCUT2D eigenvalue weighted by Crippen LogP contribution is -2.37. The second-order valence-corrected chi connectivity index (χ2v) is 6.03. The number of amides is 1. The van der Waals surface area contributed by atoms with Crippen molar-refractivity contribution in [3.8, 4) is 0 Å². The van der Waals surface area contributed by atoms with Crippen LogP contribution in [0.1, 0.15) is 45.6 Å². The molecule has 1 amide bonds. The van der Waals surface area contributed by atoms with E-state index in [0.717, 1.165) is 36.6 Å². The van der Waals surface area contributed by atoms with Gasteiger partial charge < -0.3 is 16.0 Å². The van der Waals surface area contributed by atoms with Gasteiger partial charge in [0.15, 0.2) is 5.96 Å². The SMILES string of the molecule is CCCC(=O)Nc1cccc(CNC(=NC)NCCC(C)C)c1.I. The van der Waals surface area contributed by atoms with Gasteiger partial charge in [-0.1, -0.05) is 32.9 Å². The number of anilines is 1. The Bertz CT molecular complexity index is 517. The number of hydrogen-bond acceptors (Lipinski definition) is 2. The van der Waals surface area contributed by atoms with Gasteiger partial charge in [0.05, 0.1) is 0 Å². The van der Waals surface area contributed by atoms with Gasteiger partial charge in [0.1, 0.15) is 0 Å². The molecular weight excluding hydrogens is 415 g/mol. The molecule has 0 radical (unpaired) electrons. The van der Waals surface area contributed by atoms with Crippen molar-refractivity contribution in [1.82, 2.24) is 10.6 Å². The van der Waals surface area contributed by atoms with Crippen LogP contribution in [0.3, 0.4) is 0 Å². The summed E-state index contributed by atoms with van der Waals surface area (Å²) < 4.78 is 0. The number of nitrogens with one attached hydrogen (secondary N) is 3. The van der Waals surface area contributed by atoms with Crippen molar-refractivity contribution in [2.24, 2.45) is 10.9 Å². The summed E-state index contributed by atoms with van der Waals surface area (Å²) in [5.74, 6) is 1.53. The Kier molecular flexibility index (Phi) is 12.3. The van der Waals surface area contributed by atoms with E-state index in [1.807, 2.05) is 31.2 Å². The van der Waals surface area contributed by atoms with Crippen molar-refractivity contribution >= 4 is 41.5 Å². The monoisotopic (exact) mass is 446 g/mol. The van der Waals surface area contributed by atoms with E-state index in [-0.39, 0.29) is 29.9 Å². The quantitative estimate of drug-likeness (QED) is 0.324. The highest BCUT2D eigenvalue weighted by molar-refractivity contribution is 14.0. The lowest BCUT2D eigenvalue weighted by atomic mass is 10.1. The average molecular weight is 446 g/mol. The summed E-state index contributed by atoms with van der Waals surface area (Å²) in [4.78, 5) is 15.9. The van der Waals surface area contributed by atoms with Gasteiger partial charge in [-0.25, -0.2) is 0 Å². The van der Waals surface area contributed by atoms with Crippen LogP contribution in [0.25, 0.3) is 0 Å². The van der Waals surface area contributed by atoms with Gasteiger partial charge in [0.25, 0.3) is 0 Å². The van der Waals surface area contributed by atoms with Crippen molar-refractivity contribution in [1.29, 1.82) is 0 Å². The first-order chi connectivity index (χ1) is 11.0. The third kappa shape index (κ3) is 9.75. The minimum Gasteiger partial charge on any atom is -0.356 e. The number of nitrogens with zero attached hydrogens (tertiary/aromatic N) is 1. The number of carbonyl (C=O) groups is 1. The predicted octanol–water partition coefficient (Wildman–Crippen LogP) is 3.75. The number of rotatable bonds is 8. The Labute approximate surface area is 163 Å². The topological polar surface area (TPSA) is 65.5 Å². The zero-order valence-electron chi connectivity index (χ0n) is 15.2. The summed E-state index contributed by atoms with van der Waals surface area (Å²) in [6, 6.07) is 7.88. The van der Waals surface area contributed by atoms with Crippen LogP contribution < -0.4 is 16.0 Å². The Morgan fingerprint density at radius 2 is 2.00 bits per heavy atom. The molecule has 1 rings (SSSR count). The summed E-state index contributed by atoms with van der Waals surface area (Å²) >= 11 is 0. The molecule has 0 saturated heterocycles. The van der Waals surface area contributed by atoms with Gasteiger partial charge in [-0.3, -0.25) is 9.79 Å². The lowest BCUT2D eigenvalue weighted by molar-refractivity contribution is -0.116. The van der Waals surface area contributed by atoms with E-state index >= 15 is 0 Å². The number of hydrogen-bond donors (Lipinski definition) is 3. The van der Waals surface area contributed by atoms with E-state index in [1.165, 1.54) is 0 Å². The molecule has 1 aromatic carbocycles. The molecule has 3 N–H and O–H groups in total. The molecule has 6 heteroatoms. The summed E-state index contributed by atoms with van der Waals surface area (Å²) in [5, 5.41) is 9.51. The van der Waals surface area contributed by atoms with E-state index in [4.69, 9.17) is 0 Å². The fourth-order valence-electron chi connectivity index (χ4n) is 2.10. The maximum atomic E-state index is 11.7. The van der Waals surface area contributed by atoms with Crippen molar-refractivity contribution in [2.75, 3.05) is 18.9 Å². The highest BCUT2D eigenvalue weighted by atomic mass is 127. The molecule has 0 aliphatic carbocycles. The summed E-state index contributed by atoms with van der Waals surface area (Å²) in [6.07, 6.45) is 2.51. The van der Waals surface area contributed by atoms with Crippen LogP contribution in [0.4, 0.5) is 5.69 Å². The minimum absolute atomic E-state index is 0. The molecule has 0 aliphatic rings. The normalized spacial score (nSPS) is 11.0. The third-order valence-corrected chi connectivity index (χ3v) is 3.39. The number of halogens is 1. The molecule has 0 spiro atoms. The Morgan fingerprint density at radius 3 is 2.62 bits per heavy atom. The van der Waals surface area contributed by atoms with Crippen LogP contribution >= 0.6 is 24.0 Å². The Hall–Kier alpha value is -1.31. The van der Waals surface area contributed by atoms with E-state index in [1.54, 1.807) is 7.05 Å². The third-order valence-electron chi connectivity index (χ3n) is 3.39. The first kappa shape index (κ1) is 22.7. The van der Waals surface area contributed by atoms with E-state index < -0.39 is 0 Å². The zero-order valence-corrected chi connectivity index (χ0v) is 17.5. The van der Waals surface area contributed by atoms with Gasteiger partial charge in [-0.05, 0) is 36.5 Å². The maximum absolute atomic E-state index is 11.7. The van der Waals surface area contributed by atoms with Crippen LogP contribution in [0, 0.1) is 5.92 Å². The predicted molar refractivity (Wildman–Crippen MR) is 113 cm³/mol. The molecule has 0 fully saturated rings. The van der Waals surface area contributed by atoms with Crippen LogP contribution in [0.2, 0.25) is 0 Å². The first-order valence-corrected chi connectivity index (χ1v) is 8.38. The van der Waals surface area contributed by atoms with Crippen molar-refractivity contribution in [3.05, 3.63) is 29.8 Å². The number of aliphatic imine (C=N–C) groups is 1. The molecule has 0 unspecified atom stereocenters. The highest BCUT2D eigenvalue weighted by Gasteiger charge is 2.03. The standard InChI is InChI=1S/C18H30N4O.HI/c1-5-7-17(23)22-16-9-6-8-15(12-16)13-21-18(19-4)20-11-10-14(2)3;/h6,8-9,12,14H,5,7,10-11,13H2,1-4H3,(H,22,23)(H2,19,20,21);1H. The molecule has 0 aromatic heterocycles. The summed E-state index contributed by atoms with van der Waals surface area (Å²) in [5.41, 5.74) is 1.94. The second-order valence-electron chi connectivity index (χ2n) is 6.03. The first-order valence-electron chi connectivity index (χ1n) is 8.38. The minimum atomic E-state index is 0. The van der Waals surface area contributed by atoms with Crippen molar-refractivity contribution in [3.63, 3.8) is 0 Å². The lowest BCUT2D eigenvalue weighted by Gasteiger charge is -2.13. The van der Waals surface area contributed by atoms with Crippen molar-refractivity contribution < 1.29 is 4.79 Å². The molecule has 0 aliphatic heterocycles. The molecule has 1 aromatic rings. The fourth-order valence-corrected chi connectivity index (χ4v) is 2.10. The molecule has 0 saturated carbocycles. The molecule has 0 bridgehead atoms. The van der Waals surface area contributed by atoms with Crippen molar-refractivity contribution in [2.45, 2.75) is 46.6 Å². The van der Waals surface area contributed by atoms with Crippen LogP contribution in [-0.4, -0.2) is 25.5 Å². The fraction of sp³-hybridized carbons (Fsp3) is 0.556. The number of guanidine groups is 1. The highest BCUT2D eigenvalue weighted by Crippen LogP contribution is 2.11. The van der Waals surface area contributed by atoms with Crippen LogP contribution in [-0.2, 0) is 11.3 Å². The summed E-state index contributed by atoms with van der Waals surface area (Å²) in [6.45, 7) is 7.98.